The van der Waals surface area contributed by atoms with Crippen LogP contribution in [0.25, 0.3) is 0 Å². The van der Waals surface area contributed by atoms with Crippen LogP contribution < -0.4 is 4.90 Å². The molecular formula is C11H15N3O2. The van der Waals surface area contributed by atoms with E-state index in [1.165, 1.54) is 6.33 Å². The molecule has 86 valence electrons. The zero-order valence-corrected chi connectivity index (χ0v) is 9.26. The van der Waals surface area contributed by atoms with Crippen molar-refractivity contribution in [1.29, 1.82) is 0 Å². The Morgan fingerprint density at radius 2 is 2.19 bits per heavy atom. The molecule has 0 bridgehead atoms. The largest absolute Gasteiger partial charge is 0.481 e. The summed E-state index contributed by atoms with van der Waals surface area (Å²) < 4.78 is 0. The number of hydrogen-bond donors (Lipinski definition) is 1. The molecule has 0 spiro atoms. The molecule has 1 saturated heterocycles. The summed E-state index contributed by atoms with van der Waals surface area (Å²) in [7, 11) is 0. The van der Waals surface area contributed by atoms with Gasteiger partial charge in [0.25, 0.3) is 0 Å². The van der Waals surface area contributed by atoms with Crippen LogP contribution in [0.3, 0.4) is 0 Å². The third kappa shape index (κ3) is 1.98. The summed E-state index contributed by atoms with van der Waals surface area (Å²) in [6.45, 7) is 3.58. The smallest absolute Gasteiger partial charge is 0.310 e. The topological polar surface area (TPSA) is 66.3 Å². The molecule has 16 heavy (non-hydrogen) atoms. The van der Waals surface area contributed by atoms with Crippen LogP contribution in [0.4, 0.5) is 5.82 Å². The molecule has 0 aromatic carbocycles. The van der Waals surface area contributed by atoms with Gasteiger partial charge in [0.1, 0.15) is 12.1 Å². The summed E-state index contributed by atoms with van der Waals surface area (Å²) in [5, 5.41) is 9.03. The van der Waals surface area contributed by atoms with Gasteiger partial charge in [-0.25, -0.2) is 9.97 Å². The average Bonchev–Trinajstić information content (AvgIpc) is 2.81. The quantitative estimate of drug-likeness (QED) is 0.832. The van der Waals surface area contributed by atoms with E-state index in [1.807, 2.05) is 0 Å². The first-order chi connectivity index (χ1) is 7.70. The van der Waals surface area contributed by atoms with E-state index in [0.717, 1.165) is 31.7 Å². The second-order valence-corrected chi connectivity index (χ2v) is 4.06. The molecule has 1 unspecified atom stereocenters. The lowest BCUT2D eigenvalue weighted by Crippen LogP contribution is -2.22. The van der Waals surface area contributed by atoms with Gasteiger partial charge in [0.2, 0.25) is 0 Å². The highest BCUT2D eigenvalue weighted by Gasteiger charge is 2.23. The highest BCUT2D eigenvalue weighted by molar-refractivity contribution is 5.77. The number of carboxylic acid groups (broad SMARTS) is 1. The van der Waals surface area contributed by atoms with Crippen molar-refractivity contribution in [2.45, 2.75) is 25.7 Å². The first-order valence-corrected chi connectivity index (χ1v) is 5.48. The van der Waals surface area contributed by atoms with Gasteiger partial charge in [0, 0.05) is 24.8 Å². The lowest BCUT2D eigenvalue weighted by atomic mass is 10.0. The molecule has 5 heteroatoms. The van der Waals surface area contributed by atoms with E-state index in [1.54, 1.807) is 13.1 Å². The predicted molar refractivity (Wildman–Crippen MR) is 59.5 cm³/mol. The molecule has 0 aliphatic carbocycles. The molecule has 1 aliphatic heterocycles. The Morgan fingerprint density at radius 1 is 1.50 bits per heavy atom. The van der Waals surface area contributed by atoms with Crippen LogP contribution >= 0.6 is 0 Å². The summed E-state index contributed by atoms with van der Waals surface area (Å²) in [5.74, 6) is -0.616. The van der Waals surface area contributed by atoms with Gasteiger partial charge in [-0.15, -0.1) is 0 Å². The molecular weight excluding hydrogens is 206 g/mol. The normalized spacial score (nSPS) is 17.4. The van der Waals surface area contributed by atoms with Crippen molar-refractivity contribution < 1.29 is 9.90 Å². The zero-order chi connectivity index (χ0) is 11.5. The average molecular weight is 221 g/mol. The van der Waals surface area contributed by atoms with Crippen molar-refractivity contribution in [1.82, 2.24) is 9.97 Å². The second-order valence-electron chi connectivity index (χ2n) is 4.06. The number of carbonyl (C=O) groups is 1. The van der Waals surface area contributed by atoms with Crippen molar-refractivity contribution in [3.8, 4) is 0 Å². The molecule has 1 aromatic rings. The zero-order valence-electron chi connectivity index (χ0n) is 9.26. The van der Waals surface area contributed by atoms with Gasteiger partial charge in [0.05, 0.1) is 5.92 Å². The summed E-state index contributed by atoms with van der Waals surface area (Å²) in [5.41, 5.74) is 0.705. The van der Waals surface area contributed by atoms with Gasteiger partial charge in [0.15, 0.2) is 0 Å². The maximum absolute atomic E-state index is 11.0. The molecule has 1 fully saturated rings. The lowest BCUT2D eigenvalue weighted by molar-refractivity contribution is -0.138. The maximum atomic E-state index is 11.0. The minimum atomic E-state index is -0.838. The van der Waals surface area contributed by atoms with Crippen molar-refractivity contribution >= 4 is 11.8 Å². The molecule has 1 aliphatic rings. The number of aliphatic carboxylic acids is 1. The fraction of sp³-hybridized carbons (Fsp3) is 0.545. The summed E-state index contributed by atoms with van der Waals surface area (Å²) in [6, 6.07) is 0. The predicted octanol–water partition coefficient (Wildman–Crippen LogP) is 1.26. The Bertz CT molecular complexity index is 389. The Morgan fingerprint density at radius 3 is 2.81 bits per heavy atom. The third-order valence-corrected chi connectivity index (χ3v) is 2.96. The van der Waals surface area contributed by atoms with Gasteiger partial charge in [-0.2, -0.15) is 0 Å². The van der Waals surface area contributed by atoms with Crippen LogP contribution in [-0.2, 0) is 4.79 Å². The van der Waals surface area contributed by atoms with Gasteiger partial charge >= 0.3 is 5.97 Å². The molecule has 0 amide bonds. The van der Waals surface area contributed by atoms with E-state index < -0.39 is 11.9 Å². The van der Waals surface area contributed by atoms with Crippen LogP contribution in [0, 0.1) is 0 Å². The number of aromatic nitrogens is 2. The van der Waals surface area contributed by atoms with Crippen LogP contribution in [0.2, 0.25) is 0 Å². The van der Waals surface area contributed by atoms with Gasteiger partial charge < -0.3 is 10.0 Å². The van der Waals surface area contributed by atoms with Gasteiger partial charge in [-0.3, -0.25) is 4.79 Å². The van der Waals surface area contributed by atoms with Crippen molar-refractivity contribution in [3.63, 3.8) is 0 Å². The molecule has 5 nitrogen and oxygen atoms in total. The van der Waals surface area contributed by atoms with Crippen LogP contribution in [-0.4, -0.2) is 34.1 Å². The molecule has 2 rings (SSSR count). The van der Waals surface area contributed by atoms with E-state index >= 15 is 0 Å². The summed E-state index contributed by atoms with van der Waals surface area (Å²) >= 11 is 0. The number of hydrogen-bond acceptors (Lipinski definition) is 4. The molecule has 0 saturated carbocycles. The number of anilines is 1. The van der Waals surface area contributed by atoms with Crippen LogP contribution in [0.5, 0.6) is 0 Å². The second kappa shape index (κ2) is 4.47. The number of nitrogens with zero attached hydrogens (tertiary/aromatic N) is 3. The molecule has 2 heterocycles. The van der Waals surface area contributed by atoms with E-state index in [2.05, 4.69) is 14.9 Å². The fourth-order valence-electron chi connectivity index (χ4n) is 1.97. The third-order valence-electron chi connectivity index (χ3n) is 2.96. The molecule has 1 aromatic heterocycles. The molecule has 1 atom stereocenters. The lowest BCUT2D eigenvalue weighted by Gasteiger charge is -2.20. The highest BCUT2D eigenvalue weighted by atomic mass is 16.4. The van der Waals surface area contributed by atoms with Gasteiger partial charge in [-0.1, -0.05) is 0 Å². The Balaban J connectivity index is 2.33. The Kier molecular flexibility index (Phi) is 3.03. The van der Waals surface area contributed by atoms with Crippen LogP contribution in [0.15, 0.2) is 12.5 Å². The minimum Gasteiger partial charge on any atom is -0.481 e. The van der Waals surface area contributed by atoms with E-state index in [0.29, 0.717) is 5.56 Å². The van der Waals surface area contributed by atoms with E-state index in [9.17, 15) is 4.79 Å². The fourth-order valence-corrected chi connectivity index (χ4v) is 1.97. The Hall–Kier alpha value is -1.65. The summed E-state index contributed by atoms with van der Waals surface area (Å²) in [4.78, 5) is 21.3. The minimum absolute atomic E-state index is 0.559. The van der Waals surface area contributed by atoms with E-state index in [4.69, 9.17) is 5.11 Å². The summed E-state index contributed by atoms with van der Waals surface area (Å²) in [6.07, 6.45) is 5.38. The monoisotopic (exact) mass is 221 g/mol. The Labute approximate surface area is 94.1 Å². The first-order valence-electron chi connectivity index (χ1n) is 5.48. The molecule has 1 N–H and O–H groups in total. The van der Waals surface area contributed by atoms with Crippen LogP contribution in [0.1, 0.15) is 31.2 Å². The number of rotatable bonds is 3. The maximum Gasteiger partial charge on any atom is 0.310 e. The van der Waals surface area contributed by atoms with Crippen molar-refractivity contribution in [2.75, 3.05) is 18.0 Å². The van der Waals surface area contributed by atoms with Crippen molar-refractivity contribution in [3.05, 3.63) is 18.1 Å². The SMILES string of the molecule is CC(C(=O)O)c1cncnc1N1CCCC1. The van der Waals surface area contributed by atoms with Crippen molar-refractivity contribution in [2.24, 2.45) is 0 Å². The highest BCUT2D eigenvalue weighted by Crippen LogP contribution is 2.27. The standard InChI is InChI=1S/C11H15N3O2/c1-8(11(15)16)9-6-12-7-13-10(9)14-4-2-3-5-14/h6-8H,2-5H2,1H3,(H,15,16). The number of carboxylic acids is 1. The first kappa shape index (κ1) is 10.9. The van der Waals surface area contributed by atoms with E-state index in [-0.39, 0.29) is 0 Å². The van der Waals surface area contributed by atoms with Gasteiger partial charge in [-0.05, 0) is 19.8 Å². The molecule has 0 radical (unpaired) electrons.